The van der Waals surface area contributed by atoms with Crippen LogP contribution in [0.1, 0.15) is 23.9 Å². The lowest BCUT2D eigenvalue weighted by Crippen LogP contribution is -2.30. The second kappa shape index (κ2) is 11.4. The molecule has 4 rings (SSSR count). The zero-order valence-electron chi connectivity index (χ0n) is 20.7. The van der Waals surface area contributed by atoms with E-state index >= 15 is 0 Å². The number of nitrogens with zero attached hydrogens (tertiary/aromatic N) is 4. The number of hydrogen-bond donors (Lipinski definition) is 1. The van der Waals surface area contributed by atoms with E-state index in [2.05, 4.69) is 46.0 Å². The lowest BCUT2D eigenvalue weighted by molar-refractivity contribution is -0.0744. The molecule has 192 valence electrons. The maximum absolute atomic E-state index is 13.5. The summed E-state index contributed by atoms with van der Waals surface area (Å²) in [7, 11) is 1.41. The Morgan fingerprint density at radius 3 is 2.38 bits per heavy atom. The second-order valence-electron chi connectivity index (χ2n) is 8.63. The third-order valence-electron chi connectivity index (χ3n) is 5.82. The highest BCUT2D eigenvalue weighted by Gasteiger charge is 2.35. The van der Waals surface area contributed by atoms with Crippen molar-refractivity contribution in [1.29, 1.82) is 0 Å². The molecule has 0 aliphatic rings. The largest absolute Gasteiger partial charge is 0.470 e. The highest BCUT2D eigenvalue weighted by molar-refractivity contribution is 5.86. The van der Waals surface area contributed by atoms with Crippen molar-refractivity contribution < 1.29 is 17.9 Å². The first-order valence-electron chi connectivity index (χ1n) is 11.8. The van der Waals surface area contributed by atoms with Gasteiger partial charge in [0.25, 0.3) is 0 Å². The Bertz CT molecular complexity index is 1450. The molecule has 2 heterocycles. The van der Waals surface area contributed by atoms with Gasteiger partial charge in [-0.2, -0.15) is 13.2 Å². The summed E-state index contributed by atoms with van der Waals surface area (Å²) in [5.74, 6) is 0.0372. The van der Waals surface area contributed by atoms with Gasteiger partial charge in [0.1, 0.15) is 12.3 Å². The zero-order chi connectivity index (χ0) is 26.4. The van der Waals surface area contributed by atoms with E-state index in [1.165, 1.54) is 12.6 Å². The Labute approximate surface area is 213 Å². The molecule has 0 aliphatic carbocycles. The minimum atomic E-state index is -4.68. The Morgan fingerprint density at radius 2 is 1.68 bits per heavy atom. The van der Waals surface area contributed by atoms with Crippen LogP contribution >= 0.6 is 0 Å². The molecule has 37 heavy (non-hydrogen) atoms. The van der Waals surface area contributed by atoms with Crippen LogP contribution in [0.25, 0.3) is 16.5 Å². The number of allylic oxidation sites excluding steroid dienone is 1. The molecule has 0 saturated carbocycles. The van der Waals surface area contributed by atoms with Crippen molar-refractivity contribution in [2.45, 2.75) is 38.7 Å². The number of nitrogens with one attached hydrogen (secondary N) is 1. The van der Waals surface area contributed by atoms with Crippen molar-refractivity contribution in [2.24, 2.45) is 4.99 Å². The molecule has 0 bridgehead atoms. The zero-order valence-corrected chi connectivity index (χ0v) is 20.7. The van der Waals surface area contributed by atoms with Crippen LogP contribution in [0.2, 0.25) is 0 Å². The van der Waals surface area contributed by atoms with Gasteiger partial charge >= 0.3 is 6.18 Å². The molecule has 6 nitrogen and oxygen atoms in total. The summed E-state index contributed by atoms with van der Waals surface area (Å²) in [4.78, 5) is 8.67. The van der Waals surface area contributed by atoms with E-state index < -0.39 is 11.9 Å². The molecule has 9 heteroatoms. The van der Waals surface area contributed by atoms with Gasteiger partial charge in [0.05, 0.1) is 11.4 Å². The summed E-state index contributed by atoms with van der Waals surface area (Å²) < 4.78 is 47.0. The highest BCUT2D eigenvalue weighted by Crippen LogP contribution is 2.29. The summed E-state index contributed by atoms with van der Waals surface area (Å²) in [6.07, 6.45) is -3.79. The molecule has 4 aromatic rings. The first kappa shape index (κ1) is 26.1. The minimum Gasteiger partial charge on any atom is -0.470 e. The van der Waals surface area contributed by atoms with Crippen LogP contribution in [0.15, 0.2) is 84.4 Å². The van der Waals surface area contributed by atoms with Gasteiger partial charge in [0, 0.05) is 30.4 Å². The average molecular weight is 508 g/mol. The third-order valence-corrected chi connectivity index (χ3v) is 5.82. The SMILES string of the molecule is C=C(n1nc(OCc2cccc(CN[C@@H](C)Cc3ccccc3)n2)c2ccccc2c1=NC)C(F)(F)F. The fraction of sp³-hybridized carbons (Fsp3) is 0.250. The van der Waals surface area contributed by atoms with Crippen molar-refractivity contribution in [3.63, 3.8) is 0 Å². The predicted molar refractivity (Wildman–Crippen MR) is 138 cm³/mol. The van der Waals surface area contributed by atoms with Crippen molar-refractivity contribution in [3.05, 3.63) is 102 Å². The molecular weight excluding hydrogens is 479 g/mol. The van der Waals surface area contributed by atoms with Crippen LogP contribution in [0.3, 0.4) is 0 Å². The molecule has 2 aromatic heterocycles. The van der Waals surface area contributed by atoms with E-state index in [0.717, 1.165) is 12.1 Å². The molecule has 0 unspecified atom stereocenters. The van der Waals surface area contributed by atoms with Gasteiger partial charge in [-0.15, -0.1) is 5.10 Å². The molecular formula is C28H28F3N5O. The number of halogens is 3. The molecule has 0 saturated heterocycles. The molecule has 0 fully saturated rings. The highest BCUT2D eigenvalue weighted by atomic mass is 19.4. The van der Waals surface area contributed by atoms with E-state index in [4.69, 9.17) is 4.74 Å². The van der Waals surface area contributed by atoms with E-state index in [0.29, 0.717) is 27.7 Å². The number of ether oxygens (including phenoxy) is 1. The van der Waals surface area contributed by atoms with Gasteiger partial charge < -0.3 is 10.1 Å². The number of aromatic nitrogens is 3. The second-order valence-corrected chi connectivity index (χ2v) is 8.63. The van der Waals surface area contributed by atoms with Gasteiger partial charge in [-0.1, -0.05) is 61.2 Å². The molecule has 1 N–H and O–H groups in total. The van der Waals surface area contributed by atoms with Crippen LogP contribution in [0.4, 0.5) is 13.2 Å². The van der Waals surface area contributed by atoms with Crippen molar-refractivity contribution in [1.82, 2.24) is 20.1 Å². The van der Waals surface area contributed by atoms with E-state index in [9.17, 15) is 13.2 Å². The van der Waals surface area contributed by atoms with Crippen LogP contribution in [-0.4, -0.2) is 34.0 Å². The Hall–Kier alpha value is -3.98. The molecule has 0 spiro atoms. The summed E-state index contributed by atoms with van der Waals surface area (Å²) in [6.45, 7) is 5.91. The Kier molecular flexibility index (Phi) is 8.03. The van der Waals surface area contributed by atoms with Gasteiger partial charge in [0.15, 0.2) is 5.49 Å². The maximum atomic E-state index is 13.5. The monoisotopic (exact) mass is 507 g/mol. The Balaban J connectivity index is 1.51. The normalized spacial score (nSPS) is 13.1. The number of alkyl halides is 3. The quantitative estimate of drug-likeness (QED) is 0.334. The lowest BCUT2D eigenvalue weighted by Gasteiger charge is -2.17. The summed E-state index contributed by atoms with van der Waals surface area (Å²) >= 11 is 0. The summed E-state index contributed by atoms with van der Waals surface area (Å²) in [5.41, 5.74) is 1.61. The third kappa shape index (κ3) is 6.42. The average Bonchev–Trinajstić information content (AvgIpc) is 2.90. The van der Waals surface area contributed by atoms with Gasteiger partial charge in [0.2, 0.25) is 5.88 Å². The number of fused-ring (bicyclic) bond motifs is 1. The number of benzene rings is 2. The van der Waals surface area contributed by atoms with Crippen LogP contribution in [-0.2, 0) is 19.6 Å². The predicted octanol–water partition coefficient (Wildman–Crippen LogP) is 5.29. The van der Waals surface area contributed by atoms with Gasteiger partial charge in [-0.25, -0.2) is 4.68 Å². The fourth-order valence-electron chi connectivity index (χ4n) is 3.97. The summed E-state index contributed by atoms with van der Waals surface area (Å²) in [5, 5.41) is 8.60. The number of pyridine rings is 1. The molecule has 0 radical (unpaired) electrons. The topological polar surface area (TPSA) is 64.3 Å². The molecule has 0 aliphatic heterocycles. The standard InChI is InChI=1S/C28H28F3N5O/c1-19(16-21-10-5-4-6-11-21)33-17-22-12-9-13-23(34-22)18-37-27-25-15-8-7-14-24(25)26(32-3)36(35-27)20(2)28(29,30)31/h4-15,19,33H,2,16-18H2,1,3H3/t19-/m0/s1. The fourth-order valence-corrected chi connectivity index (χ4v) is 3.97. The van der Waals surface area contributed by atoms with Crippen molar-refractivity contribution in [2.75, 3.05) is 7.05 Å². The molecule has 0 amide bonds. The first-order chi connectivity index (χ1) is 17.8. The summed E-state index contributed by atoms with van der Waals surface area (Å²) in [6, 6.07) is 23.0. The lowest BCUT2D eigenvalue weighted by atomic mass is 10.1. The van der Waals surface area contributed by atoms with E-state index in [-0.39, 0.29) is 24.0 Å². The van der Waals surface area contributed by atoms with Crippen molar-refractivity contribution in [3.8, 4) is 5.88 Å². The maximum Gasteiger partial charge on any atom is 0.432 e. The first-order valence-corrected chi connectivity index (χ1v) is 11.8. The van der Waals surface area contributed by atoms with Crippen LogP contribution in [0, 0.1) is 0 Å². The van der Waals surface area contributed by atoms with Crippen LogP contribution in [0.5, 0.6) is 5.88 Å². The van der Waals surface area contributed by atoms with Gasteiger partial charge in [-0.3, -0.25) is 9.98 Å². The van der Waals surface area contributed by atoms with E-state index in [1.807, 2.05) is 30.3 Å². The minimum absolute atomic E-state index is 0.0332. The Morgan fingerprint density at radius 1 is 1.00 bits per heavy atom. The smallest absolute Gasteiger partial charge is 0.432 e. The number of hydrogen-bond acceptors (Lipinski definition) is 5. The molecule has 1 atom stereocenters. The molecule has 2 aromatic carbocycles. The van der Waals surface area contributed by atoms with Crippen LogP contribution < -0.4 is 15.5 Å². The van der Waals surface area contributed by atoms with Crippen molar-refractivity contribution >= 4 is 16.5 Å². The number of rotatable bonds is 9. The van der Waals surface area contributed by atoms with Gasteiger partial charge in [-0.05, 0) is 37.1 Å². The van der Waals surface area contributed by atoms with E-state index in [1.54, 1.807) is 30.3 Å².